The van der Waals surface area contributed by atoms with Gasteiger partial charge in [-0.25, -0.2) is 0 Å². The van der Waals surface area contributed by atoms with E-state index in [9.17, 15) is 0 Å². The van der Waals surface area contributed by atoms with E-state index in [1.807, 2.05) is 0 Å². The molecule has 0 atom stereocenters. The van der Waals surface area contributed by atoms with Crippen molar-refractivity contribution in [3.05, 3.63) is 40.1 Å². The molecule has 0 aliphatic carbocycles. The van der Waals surface area contributed by atoms with Gasteiger partial charge in [0.25, 0.3) is 0 Å². The van der Waals surface area contributed by atoms with Crippen LogP contribution in [-0.4, -0.2) is 35.5 Å². The molecule has 20 heavy (non-hydrogen) atoms. The fourth-order valence-electron chi connectivity index (χ4n) is 3.42. The minimum absolute atomic E-state index is 0.0302. The van der Waals surface area contributed by atoms with Crippen molar-refractivity contribution >= 4 is 21.4 Å². The van der Waals surface area contributed by atoms with Crippen LogP contribution in [0.1, 0.15) is 25.1 Å². The predicted molar refractivity (Wildman–Crippen MR) is 87.3 cm³/mol. The highest BCUT2D eigenvalue weighted by Gasteiger charge is 2.34. The molecule has 0 saturated carbocycles. The third-order valence-corrected chi connectivity index (χ3v) is 5.50. The lowest BCUT2D eigenvalue weighted by molar-refractivity contribution is 0.0976. The van der Waals surface area contributed by atoms with Crippen LogP contribution in [0.3, 0.4) is 0 Å². The zero-order valence-corrected chi connectivity index (χ0v) is 14.0. The Hall–Kier alpha value is -0.840. The SMILES string of the molecule is Cc1c(Br)c2ccccn2c1C(C)(C)N1CCNCC1. The first-order valence-corrected chi connectivity index (χ1v) is 8.04. The van der Waals surface area contributed by atoms with Crippen molar-refractivity contribution in [2.24, 2.45) is 0 Å². The highest BCUT2D eigenvalue weighted by atomic mass is 79.9. The number of hydrogen-bond acceptors (Lipinski definition) is 2. The Morgan fingerprint density at radius 3 is 2.60 bits per heavy atom. The fourth-order valence-corrected chi connectivity index (χ4v) is 3.93. The quantitative estimate of drug-likeness (QED) is 0.909. The van der Waals surface area contributed by atoms with Gasteiger partial charge in [0, 0.05) is 42.5 Å². The summed E-state index contributed by atoms with van der Waals surface area (Å²) in [5.41, 5.74) is 4.02. The standard InChI is InChI=1S/C16H22BrN3/c1-12-14(17)13-6-4-5-9-20(13)15(12)16(2,3)19-10-7-18-8-11-19/h4-6,9,18H,7-8,10-11H2,1-3H3. The molecule has 3 rings (SSSR count). The number of fused-ring (bicyclic) bond motifs is 1. The number of aromatic nitrogens is 1. The molecule has 2 aromatic heterocycles. The average Bonchev–Trinajstić information content (AvgIpc) is 2.73. The molecule has 0 spiro atoms. The van der Waals surface area contributed by atoms with E-state index in [1.54, 1.807) is 0 Å². The van der Waals surface area contributed by atoms with Crippen LogP contribution >= 0.6 is 15.9 Å². The lowest BCUT2D eigenvalue weighted by Gasteiger charge is -2.41. The van der Waals surface area contributed by atoms with Crippen LogP contribution in [0, 0.1) is 6.92 Å². The summed E-state index contributed by atoms with van der Waals surface area (Å²) in [6.45, 7) is 11.3. The average molecular weight is 336 g/mol. The number of nitrogens with one attached hydrogen (secondary N) is 1. The van der Waals surface area contributed by atoms with E-state index in [1.165, 1.54) is 21.2 Å². The molecule has 3 heterocycles. The molecular formula is C16H22BrN3. The van der Waals surface area contributed by atoms with Gasteiger partial charge in [0.15, 0.2) is 0 Å². The van der Waals surface area contributed by atoms with E-state index in [-0.39, 0.29) is 5.54 Å². The number of halogens is 1. The van der Waals surface area contributed by atoms with Gasteiger partial charge < -0.3 is 9.72 Å². The Morgan fingerprint density at radius 2 is 1.90 bits per heavy atom. The van der Waals surface area contributed by atoms with E-state index < -0.39 is 0 Å². The van der Waals surface area contributed by atoms with Gasteiger partial charge in [0.05, 0.1) is 11.1 Å². The zero-order chi connectivity index (χ0) is 14.3. The summed E-state index contributed by atoms with van der Waals surface area (Å²) >= 11 is 3.77. The smallest absolute Gasteiger partial charge is 0.0598 e. The Morgan fingerprint density at radius 1 is 1.20 bits per heavy atom. The molecule has 2 aromatic rings. The minimum atomic E-state index is 0.0302. The normalized spacial score (nSPS) is 17.8. The highest BCUT2D eigenvalue weighted by Crippen LogP contribution is 2.37. The maximum atomic E-state index is 3.77. The minimum Gasteiger partial charge on any atom is -0.318 e. The third kappa shape index (κ3) is 2.10. The van der Waals surface area contributed by atoms with Gasteiger partial charge in [0.1, 0.15) is 0 Å². The van der Waals surface area contributed by atoms with Gasteiger partial charge >= 0.3 is 0 Å². The van der Waals surface area contributed by atoms with Crippen LogP contribution in [0.15, 0.2) is 28.9 Å². The lowest BCUT2D eigenvalue weighted by atomic mass is 9.94. The van der Waals surface area contributed by atoms with Crippen LogP contribution in [0.2, 0.25) is 0 Å². The summed E-state index contributed by atoms with van der Waals surface area (Å²) in [6.07, 6.45) is 2.17. The Labute approximate surface area is 129 Å². The van der Waals surface area contributed by atoms with Crippen LogP contribution < -0.4 is 5.32 Å². The second kappa shape index (κ2) is 5.17. The zero-order valence-electron chi connectivity index (χ0n) is 12.4. The van der Waals surface area contributed by atoms with Crippen molar-refractivity contribution in [2.75, 3.05) is 26.2 Å². The third-order valence-electron chi connectivity index (χ3n) is 4.50. The first-order valence-electron chi connectivity index (χ1n) is 7.25. The summed E-state index contributed by atoms with van der Waals surface area (Å²) in [4.78, 5) is 2.58. The summed E-state index contributed by atoms with van der Waals surface area (Å²) in [7, 11) is 0. The van der Waals surface area contributed by atoms with Crippen molar-refractivity contribution in [1.29, 1.82) is 0 Å². The van der Waals surface area contributed by atoms with Crippen molar-refractivity contribution < 1.29 is 0 Å². The van der Waals surface area contributed by atoms with Crippen LogP contribution in [-0.2, 0) is 5.54 Å². The summed E-state index contributed by atoms with van der Waals surface area (Å²) < 4.78 is 3.55. The van der Waals surface area contributed by atoms with E-state index >= 15 is 0 Å². The van der Waals surface area contributed by atoms with Crippen LogP contribution in [0.5, 0.6) is 0 Å². The largest absolute Gasteiger partial charge is 0.318 e. The monoisotopic (exact) mass is 335 g/mol. The Balaban J connectivity index is 2.15. The van der Waals surface area contributed by atoms with E-state index in [2.05, 4.69) is 75.7 Å². The summed E-state index contributed by atoms with van der Waals surface area (Å²) in [6, 6.07) is 6.38. The van der Waals surface area contributed by atoms with Crippen molar-refractivity contribution in [1.82, 2.24) is 14.6 Å². The summed E-state index contributed by atoms with van der Waals surface area (Å²) in [5, 5.41) is 3.44. The van der Waals surface area contributed by atoms with E-state index in [0.29, 0.717) is 0 Å². The van der Waals surface area contributed by atoms with Crippen molar-refractivity contribution in [3.63, 3.8) is 0 Å². The molecule has 1 aliphatic heterocycles. The molecule has 4 heteroatoms. The number of nitrogens with zero attached hydrogens (tertiary/aromatic N) is 2. The molecule has 0 amide bonds. The molecule has 0 bridgehead atoms. The second-order valence-corrected chi connectivity index (χ2v) is 6.83. The number of hydrogen-bond donors (Lipinski definition) is 1. The first-order chi connectivity index (χ1) is 9.53. The number of piperazine rings is 1. The molecule has 3 nitrogen and oxygen atoms in total. The van der Waals surface area contributed by atoms with Gasteiger partial charge in [0.2, 0.25) is 0 Å². The number of pyridine rings is 1. The van der Waals surface area contributed by atoms with E-state index in [0.717, 1.165) is 26.2 Å². The molecule has 0 radical (unpaired) electrons. The van der Waals surface area contributed by atoms with Gasteiger partial charge in [-0.3, -0.25) is 4.90 Å². The Kier molecular flexibility index (Phi) is 3.65. The molecule has 0 aromatic carbocycles. The van der Waals surface area contributed by atoms with Crippen LogP contribution in [0.25, 0.3) is 5.52 Å². The lowest BCUT2D eigenvalue weighted by Crippen LogP contribution is -2.52. The maximum absolute atomic E-state index is 3.77. The fraction of sp³-hybridized carbons (Fsp3) is 0.500. The molecule has 1 saturated heterocycles. The van der Waals surface area contributed by atoms with E-state index in [4.69, 9.17) is 0 Å². The first kappa shape index (κ1) is 14.1. The van der Waals surface area contributed by atoms with Gasteiger partial charge in [-0.2, -0.15) is 0 Å². The van der Waals surface area contributed by atoms with Gasteiger partial charge in [-0.05, 0) is 54.4 Å². The molecule has 108 valence electrons. The summed E-state index contributed by atoms with van der Waals surface area (Å²) in [5.74, 6) is 0. The van der Waals surface area contributed by atoms with Gasteiger partial charge in [-0.1, -0.05) is 6.07 Å². The molecule has 1 aliphatic rings. The van der Waals surface area contributed by atoms with Crippen molar-refractivity contribution in [2.45, 2.75) is 26.3 Å². The van der Waals surface area contributed by atoms with Crippen LogP contribution in [0.4, 0.5) is 0 Å². The topological polar surface area (TPSA) is 19.7 Å². The van der Waals surface area contributed by atoms with Crippen molar-refractivity contribution in [3.8, 4) is 0 Å². The molecule has 0 unspecified atom stereocenters. The second-order valence-electron chi connectivity index (χ2n) is 6.04. The molecular weight excluding hydrogens is 314 g/mol. The van der Waals surface area contributed by atoms with Gasteiger partial charge in [-0.15, -0.1) is 0 Å². The molecule has 1 N–H and O–H groups in total. The molecule has 1 fully saturated rings. The number of rotatable bonds is 2. The maximum Gasteiger partial charge on any atom is 0.0598 e. The Bertz CT molecular complexity index is 624. The predicted octanol–water partition coefficient (Wildman–Crippen LogP) is 3.15. The highest BCUT2D eigenvalue weighted by molar-refractivity contribution is 9.10.